The number of carboxylic acid groups (broad SMARTS) is 1. The molecule has 3 heteroatoms. The van der Waals surface area contributed by atoms with Crippen molar-refractivity contribution in [1.29, 1.82) is 0 Å². The summed E-state index contributed by atoms with van der Waals surface area (Å²) in [5.74, 6) is 0.853. The first-order valence-electron chi connectivity index (χ1n) is 7.93. The quantitative estimate of drug-likeness (QED) is 0.744. The molecule has 2 unspecified atom stereocenters. The van der Waals surface area contributed by atoms with Crippen molar-refractivity contribution in [2.45, 2.75) is 64.7 Å². The van der Waals surface area contributed by atoms with Gasteiger partial charge in [0.2, 0.25) is 0 Å². The van der Waals surface area contributed by atoms with E-state index in [0.29, 0.717) is 5.92 Å². The highest BCUT2D eigenvalue weighted by Gasteiger charge is 2.43. The fraction of sp³-hybridized carbons (Fsp3) is 0.938. The van der Waals surface area contributed by atoms with Crippen LogP contribution in [0.1, 0.15) is 64.7 Å². The minimum Gasteiger partial charge on any atom is -0.481 e. The summed E-state index contributed by atoms with van der Waals surface area (Å²) in [5.41, 5.74) is -0.394. The van der Waals surface area contributed by atoms with E-state index < -0.39 is 11.4 Å². The van der Waals surface area contributed by atoms with Crippen molar-refractivity contribution in [2.24, 2.45) is 17.3 Å². The van der Waals surface area contributed by atoms with E-state index in [4.69, 9.17) is 4.74 Å². The first-order valence-corrected chi connectivity index (χ1v) is 7.93. The normalized spacial score (nSPS) is 32.6. The first-order chi connectivity index (χ1) is 9.12. The van der Waals surface area contributed by atoms with Gasteiger partial charge in [-0.1, -0.05) is 26.2 Å². The number of aliphatic carboxylic acids is 1. The van der Waals surface area contributed by atoms with Crippen LogP contribution in [0.3, 0.4) is 0 Å². The van der Waals surface area contributed by atoms with Crippen LogP contribution in [0.25, 0.3) is 0 Å². The Hall–Kier alpha value is -0.570. The predicted molar refractivity (Wildman–Crippen MR) is 75.1 cm³/mol. The maximum Gasteiger partial charge on any atom is 0.309 e. The maximum absolute atomic E-state index is 11.5. The Morgan fingerprint density at radius 3 is 2.58 bits per heavy atom. The molecule has 0 radical (unpaired) electrons. The zero-order valence-electron chi connectivity index (χ0n) is 12.2. The molecule has 0 spiro atoms. The number of carboxylic acids is 1. The number of ether oxygens (including phenoxy) is 1. The molecule has 0 bridgehead atoms. The molecule has 3 nitrogen and oxygen atoms in total. The van der Waals surface area contributed by atoms with Gasteiger partial charge < -0.3 is 9.84 Å². The van der Waals surface area contributed by atoms with E-state index in [1.165, 1.54) is 25.7 Å². The molecule has 0 aromatic rings. The molecule has 2 atom stereocenters. The molecule has 1 heterocycles. The van der Waals surface area contributed by atoms with Gasteiger partial charge in [-0.15, -0.1) is 0 Å². The molecular weight excluding hydrogens is 240 g/mol. The summed E-state index contributed by atoms with van der Waals surface area (Å²) >= 11 is 0. The van der Waals surface area contributed by atoms with E-state index in [-0.39, 0.29) is 0 Å². The van der Waals surface area contributed by atoms with Crippen LogP contribution in [-0.4, -0.2) is 24.3 Å². The SMILES string of the molecule is CC1CCC(CCCCC2CCOCC2)(C(=O)O)C1. The Kier molecular flexibility index (Phi) is 5.26. The van der Waals surface area contributed by atoms with Gasteiger partial charge >= 0.3 is 5.97 Å². The lowest BCUT2D eigenvalue weighted by Gasteiger charge is -2.25. The summed E-state index contributed by atoms with van der Waals surface area (Å²) < 4.78 is 5.37. The second-order valence-corrected chi connectivity index (χ2v) is 6.73. The summed E-state index contributed by atoms with van der Waals surface area (Å²) in [6.07, 6.45) is 9.67. The molecule has 1 aliphatic carbocycles. The van der Waals surface area contributed by atoms with Crippen molar-refractivity contribution in [3.63, 3.8) is 0 Å². The molecule has 2 fully saturated rings. The summed E-state index contributed by atoms with van der Waals surface area (Å²) in [7, 11) is 0. The standard InChI is InChI=1S/C16H28O3/c1-13-5-9-16(12-13,15(17)18)8-3-2-4-14-6-10-19-11-7-14/h13-14H,2-12H2,1H3,(H,17,18). The van der Waals surface area contributed by atoms with Gasteiger partial charge in [0, 0.05) is 13.2 Å². The van der Waals surface area contributed by atoms with E-state index in [1.54, 1.807) is 0 Å². The fourth-order valence-corrected chi connectivity index (χ4v) is 3.85. The van der Waals surface area contributed by atoms with E-state index in [0.717, 1.165) is 51.2 Å². The van der Waals surface area contributed by atoms with Crippen LogP contribution in [-0.2, 0) is 9.53 Å². The zero-order valence-corrected chi connectivity index (χ0v) is 12.2. The molecule has 2 aliphatic rings. The Labute approximate surface area is 116 Å². The van der Waals surface area contributed by atoms with Crippen molar-refractivity contribution < 1.29 is 14.6 Å². The molecule has 19 heavy (non-hydrogen) atoms. The van der Waals surface area contributed by atoms with Crippen LogP contribution in [0.15, 0.2) is 0 Å². The van der Waals surface area contributed by atoms with Crippen molar-refractivity contribution in [1.82, 2.24) is 0 Å². The molecule has 1 saturated carbocycles. The summed E-state index contributed by atoms with van der Waals surface area (Å²) in [5, 5.41) is 9.51. The number of hydrogen-bond donors (Lipinski definition) is 1. The van der Waals surface area contributed by atoms with Gasteiger partial charge in [0.25, 0.3) is 0 Å². The van der Waals surface area contributed by atoms with E-state index >= 15 is 0 Å². The lowest BCUT2D eigenvalue weighted by atomic mass is 9.80. The minimum atomic E-state index is -0.553. The first kappa shape index (κ1) is 14.8. The molecule has 0 amide bonds. The minimum absolute atomic E-state index is 0.394. The summed E-state index contributed by atoms with van der Waals surface area (Å²) in [6, 6.07) is 0. The molecule has 1 N–H and O–H groups in total. The third-order valence-corrected chi connectivity index (χ3v) is 5.17. The van der Waals surface area contributed by atoms with Crippen molar-refractivity contribution in [3.05, 3.63) is 0 Å². The van der Waals surface area contributed by atoms with Gasteiger partial charge in [-0.25, -0.2) is 0 Å². The molecule has 2 rings (SSSR count). The summed E-state index contributed by atoms with van der Waals surface area (Å²) in [6.45, 7) is 4.02. The highest BCUT2D eigenvalue weighted by molar-refractivity contribution is 5.75. The topological polar surface area (TPSA) is 46.5 Å². The van der Waals surface area contributed by atoms with Gasteiger partial charge in [0.15, 0.2) is 0 Å². The Morgan fingerprint density at radius 1 is 1.26 bits per heavy atom. The highest BCUT2D eigenvalue weighted by Crippen LogP contribution is 2.45. The van der Waals surface area contributed by atoms with Gasteiger partial charge in [-0.3, -0.25) is 4.79 Å². The van der Waals surface area contributed by atoms with Crippen LogP contribution in [0, 0.1) is 17.3 Å². The van der Waals surface area contributed by atoms with Crippen LogP contribution in [0.2, 0.25) is 0 Å². The van der Waals surface area contributed by atoms with E-state index in [1.807, 2.05) is 0 Å². The van der Waals surface area contributed by atoms with E-state index in [2.05, 4.69) is 6.92 Å². The van der Waals surface area contributed by atoms with Gasteiger partial charge in [0.1, 0.15) is 0 Å². The Bertz CT molecular complexity index is 296. The van der Waals surface area contributed by atoms with Gasteiger partial charge in [0.05, 0.1) is 5.41 Å². The third kappa shape index (κ3) is 3.95. The monoisotopic (exact) mass is 268 g/mol. The van der Waals surface area contributed by atoms with Crippen molar-refractivity contribution in [3.8, 4) is 0 Å². The summed E-state index contributed by atoms with van der Waals surface area (Å²) in [4.78, 5) is 11.5. The number of unbranched alkanes of at least 4 members (excludes halogenated alkanes) is 1. The molecule has 1 saturated heterocycles. The maximum atomic E-state index is 11.5. The zero-order chi connectivity index (χ0) is 13.7. The van der Waals surface area contributed by atoms with Crippen LogP contribution in [0.4, 0.5) is 0 Å². The third-order valence-electron chi connectivity index (χ3n) is 5.17. The number of hydrogen-bond acceptors (Lipinski definition) is 2. The van der Waals surface area contributed by atoms with Crippen LogP contribution < -0.4 is 0 Å². The Balaban J connectivity index is 1.69. The fourth-order valence-electron chi connectivity index (χ4n) is 3.85. The lowest BCUT2D eigenvalue weighted by Crippen LogP contribution is -2.28. The van der Waals surface area contributed by atoms with Crippen molar-refractivity contribution in [2.75, 3.05) is 13.2 Å². The van der Waals surface area contributed by atoms with Crippen LogP contribution >= 0.6 is 0 Å². The smallest absolute Gasteiger partial charge is 0.309 e. The van der Waals surface area contributed by atoms with Gasteiger partial charge in [-0.05, 0) is 50.4 Å². The number of rotatable bonds is 6. The largest absolute Gasteiger partial charge is 0.481 e. The second kappa shape index (κ2) is 6.74. The molecule has 0 aromatic carbocycles. The predicted octanol–water partition coefficient (Wildman–Crippen LogP) is 3.86. The average molecular weight is 268 g/mol. The number of carbonyl (C=O) groups is 1. The van der Waals surface area contributed by atoms with Crippen molar-refractivity contribution >= 4 is 5.97 Å². The lowest BCUT2D eigenvalue weighted by molar-refractivity contribution is -0.149. The van der Waals surface area contributed by atoms with Crippen LogP contribution in [0.5, 0.6) is 0 Å². The molecule has 1 aliphatic heterocycles. The van der Waals surface area contributed by atoms with E-state index in [9.17, 15) is 9.90 Å². The highest BCUT2D eigenvalue weighted by atomic mass is 16.5. The second-order valence-electron chi connectivity index (χ2n) is 6.73. The average Bonchev–Trinajstić information content (AvgIpc) is 2.79. The Morgan fingerprint density at radius 2 is 2.00 bits per heavy atom. The molecule has 0 aromatic heterocycles. The van der Waals surface area contributed by atoms with Gasteiger partial charge in [-0.2, -0.15) is 0 Å². The molecule has 110 valence electrons. The molecular formula is C16H28O3.